The zero-order valence-corrected chi connectivity index (χ0v) is 13.5. The number of hydrogen-bond donors (Lipinski definition) is 2. The lowest BCUT2D eigenvalue weighted by Crippen LogP contribution is -2.24. The summed E-state index contributed by atoms with van der Waals surface area (Å²) in [5.74, 6) is 1.95. The highest BCUT2D eigenvalue weighted by Crippen LogP contribution is 2.16. The van der Waals surface area contributed by atoms with Gasteiger partial charge in [-0.3, -0.25) is 9.89 Å². The molecule has 1 aliphatic heterocycles. The van der Waals surface area contributed by atoms with Gasteiger partial charge in [0.15, 0.2) is 11.6 Å². The monoisotopic (exact) mass is 330 g/mol. The van der Waals surface area contributed by atoms with Crippen LogP contribution >= 0.6 is 0 Å². The van der Waals surface area contributed by atoms with Gasteiger partial charge >= 0.3 is 0 Å². The van der Waals surface area contributed by atoms with Gasteiger partial charge in [0.25, 0.3) is 0 Å². The van der Waals surface area contributed by atoms with Crippen LogP contribution in [0.3, 0.4) is 0 Å². The van der Waals surface area contributed by atoms with Gasteiger partial charge in [-0.1, -0.05) is 18.2 Å². The number of hydrogen-bond acceptors (Lipinski definition) is 5. The number of para-hydroxylation sites is 1. The summed E-state index contributed by atoms with van der Waals surface area (Å²) in [6, 6.07) is 9.51. The summed E-state index contributed by atoms with van der Waals surface area (Å²) >= 11 is 0. The predicted molar refractivity (Wildman–Crippen MR) is 87.2 cm³/mol. The number of H-pyrrole nitrogens is 1. The molecule has 1 fully saturated rings. The van der Waals surface area contributed by atoms with E-state index in [1.807, 2.05) is 30.3 Å². The third-order valence-corrected chi connectivity index (χ3v) is 3.86. The standard InChI is InChI=1S/C17H22N4O3/c22-17(9-8-14-7-4-10-23-14)18-11-15-19-16(21-20-15)12-24-13-5-2-1-3-6-13/h1-3,5-6,14H,4,7-12H2,(H,18,22)(H,19,20,21)/t14-/m1/s1. The van der Waals surface area contributed by atoms with Crippen molar-refractivity contribution >= 4 is 5.91 Å². The number of benzene rings is 1. The molecule has 0 saturated carbocycles. The average molecular weight is 330 g/mol. The highest BCUT2D eigenvalue weighted by atomic mass is 16.5. The minimum atomic E-state index is -0.00242. The second-order valence-corrected chi connectivity index (χ2v) is 5.75. The van der Waals surface area contributed by atoms with Crippen molar-refractivity contribution in [1.82, 2.24) is 20.5 Å². The first-order chi connectivity index (χ1) is 11.8. The second-order valence-electron chi connectivity index (χ2n) is 5.75. The molecule has 1 aromatic carbocycles. The van der Waals surface area contributed by atoms with Crippen LogP contribution in [0.5, 0.6) is 5.75 Å². The zero-order chi connectivity index (χ0) is 16.6. The largest absolute Gasteiger partial charge is 0.486 e. The molecule has 2 heterocycles. The Bertz CT molecular complexity index is 638. The third-order valence-electron chi connectivity index (χ3n) is 3.86. The topological polar surface area (TPSA) is 89.1 Å². The van der Waals surface area contributed by atoms with Crippen LogP contribution in [-0.2, 0) is 22.7 Å². The van der Waals surface area contributed by atoms with E-state index in [0.29, 0.717) is 31.2 Å². The Hall–Kier alpha value is -2.41. The third kappa shape index (κ3) is 5.06. The maximum absolute atomic E-state index is 11.8. The van der Waals surface area contributed by atoms with Crippen LogP contribution in [0.2, 0.25) is 0 Å². The molecule has 1 aliphatic rings. The normalized spacial score (nSPS) is 16.9. The molecular formula is C17H22N4O3. The van der Waals surface area contributed by atoms with Gasteiger partial charge in [0.05, 0.1) is 12.6 Å². The fourth-order valence-electron chi connectivity index (χ4n) is 2.58. The molecule has 7 heteroatoms. The Morgan fingerprint density at radius 2 is 2.25 bits per heavy atom. The van der Waals surface area contributed by atoms with Crippen molar-refractivity contribution in [2.75, 3.05) is 6.61 Å². The van der Waals surface area contributed by atoms with E-state index >= 15 is 0 Å². The van der Waals surface area contributed by atoms with Gasteiger partial charge in [-0.15, -0.1) is 0 Å². The van der Waals surface area contributed by atoms with E-state index in [4.69, 9.17) is 9.47 Å². The smallest absolute Gasteiger partial charge is 0.220 e. The first-order valence-corrected chi connectivity index (χ1v) is 8.26. The minimum Gasteiger partial charge on any atom is -0.486 e. The van der Waals surface area contributed by atoms with Crippen molar-refractivity contribution in [1.29, 1.82) is 0 Å². The van der Waals surface area contributed by atoms with E-state index in [-0.39, 0.29) is 12.0 Å². The highest BCUT2D eigenvalue weighted by Gasteiger charge is 2.16. The molecule has 3 rings (SSSR count). The first-order valence-electron chi connectivity index (χ1n) is 8.26. The Kier molecular flexibility index (Phi) is 5.79. The SMILES string of the molecule is O=C(CC[C@H]1CCCO1)NCc1n[nH]c(COc2ccccc2)n1. The van der Waals surface area contributed by atoms with Crippen LogP contribution in [0.4, 0.5) is 0 Å². The molecule has 0 unspecified atom stereocenters. The van der Waals surface area contributed by atoms with Crippen LogP contribution in [0.15, 0.2) is 30.3 Å². The van der Waals surface area contributed by atoms with Crippen LogP contribution < -0.4 is 10.1 Å². The van der Waals surface area contributed by atoms with Crippen molar-refractivity contribution in [2.24, 2.45) is 0 Å². The Balaban J connectivity index is 1.36. The van der Waals surface area contributed by atoms with Crippen LogP contribution in [0.1, 0.15) is 37.3 Å². The maximum Gasteiger partial charge on any atom is 0.220 e. The summed E-state index contributed by atoms with van der Waals surface area (Å²) in [6.45, 7) is 1.44. The van der Waals surface area contributed by atoms with Gasteiger partial charge in [0.1, 0.15) is 12.4 Å². The predicted octanol–water partition coefficient (Wildman–Crippen LogP) is 1.96. The quantitative estimate of drug-likeness (QED) is 0.772. The van der Waals surface area contributed by atoms with Crippen molar-refractivity contribution in [2.45, 2.75) is 44.9 Å². The maximum atomic E-state index is 11.8. The van der Waals surface area contributed by atoms with E-state index in [1.54, 1.807) is 0 Å². The summed E-state index contributed by atoms with van der Waals surface area (Å²) in [7, 11) is 0. The van der Waals surface area contributed by atoms with Gasteiger partial charge in [-0.2, -0.15) is 5.10 Å². The fraction of sp³-hybridized carbons (Fsp3) is 0.471. The molecule has 1 amide bonds. The molecule has 0 bridgehead atoms. The average Bonchev–Trinajstić information content (AvgIpc) is 3.29. The molecule has 128 valence electrons. The summed E-state index contributed by atoms with van der Waals surface area (Å²) in [6.07, 6.45) is 3.63. The van der Waals surface area contributed by atoms with Gasteiger partial charge in [-0.05, 0) is 31.4 Å². The van der Waals surface area contributed by atoms with E-state index in [1.165, 1.54) is 0 Å². The van der Waals surface area contributed by atoms with E-state index in [0.717, 1.165) is 31.6 Å². The Labute approximate surface area is 140 Å². The Morgan fingerprint density at radius 3 is 3.04 bits per heavy atom. The number of carbonyl (C=O) groups excluding carboxylic acids is 1. The van der Waals surface area contributed by atoms with Crippen molar-refractivity contribution in [3.63, 3.8) is 0 Å². The van der Waals surface area contributed by atoms with Crippen LogP contribution in [-0.4, -0.2) is 33.8 Å². The number of rotatable bonds is 8. The fourth-order valence-corrected chi connectivity index (χ4v) is 2.58. The number of carbonyl (C=O) groups is 1. The van der Waals surface area contributed by atoms with Crippen molar-refractivity contribution in [3.05, 3.63) is 42.0 Å². The van der Waals surface area contributed by atoms with Crippen molar-refractivity contribution in [3.8, 4) is 5.75 Å². The van der Waals surface area contributed by atoms with Gasteiger partial charge in [0, 0.05) is 13.0 Å². The second kappa shape index (κ2) is 8.44. The minimum absolute atomic E-state index is 0.00242. The molecular weight excluding hydrogens is 308 g/mol. The van der Waals surface area contributed by atoms with Crippen LogP contribution in [0, 0.1) is 0 Å². The number of ether oxygens (including phenoxy) is 2. The summed E-state index contributed by atoms with van der Waals surface area (Å²) in [5, 5.41) is 9.73. The summed E-state index contributed by atoms with van der Waals surface area (Å²) in [5.41, 5.74) is 0. The molecule has 0 spiro atoms. The molecule has 0 radical (unpaired) electrons. The first kappa shape index (κ1) is 16.4. The lowest BCUT2D eigenvalue weighted by atomic mass is 10.1. The number of nitrogens with zero attached hydrogens (tertiary/aromatic N) is 2. The van der Waals surface area contributed by atoms with Crippen LogP contribution in [0.25, 0.3) is 0 Å². The number of nitrogens with one attached hydrogen (secondary N) is 2. The van der Waals surface area contributed by atoms with E-state index in [2.05, 4.69) is 20.5 Å². The summed E-state index contributed by atoms with van der Waals surface area (Å²) < 4.78 is 11.1. The molecule has 1 atom stereocenters. The summed E-state index contributed by atoms with van der Waals surface area (Å²) in [4.78, 5) is 16.1. The molecule has 2 N–H and O–H groups in total. The number of amides is 1. The van der Waals surface area contributed by atoms with E-state index < -0.39 is 0 Å². The molecule has 7 nitrogen and oxygen atoms in total. The molecule has 2 aromatic rings. The van der Waals surface area contributed by atoms with E-state index in [9.17, 15) is 4.79 Å². The lowest BCUT2D eigenvalue weighted by Gasteiger charge is -2.08. The molecule has 24 heavy (non-hydrogen) atoms. The Morgan fingerprint density at radius 1 is 1.38 bits per heavy atom. The van der Waals surface area contributed by atoms with Gasteiger partial charge < -0.3 is 14.8 Å². The van der Waals surface area contributed by atoms with Gasteiger partial charge in [-0.25, -0.2) is 4.98 Å². The van der Waals surface area contributed by atoms with Gasteiger partial charge in [0.2, 0.25) is 5.91 Å². The molecule has 1 aromatic heterocycles. The zero-order valence-electron chi connectivity index (χ0n) is 13.5. The highest BCUT2D eigenvalue weighted by molar-refractivity contribution is 5.75. The molecule has 1 saturated heterocycles. The number of aromatic nitrogens is 3. The number of aromatic amines is 1. The van der Waals surface area contributed by atoms with Crippen molar-refractivity contribution < 1.29 is 14.3 Å². The molecule has 0 aliphatic carbocycles. The lowest BCUT2D eigenvalue weighted by molar-refractivity contribution is -0.121.